The highest BCUT2D eigenvalue weighted by molar-refractivity contribution is 9.10. The Morgan fingerprint density at radius 1 is 1.11 bits per heavy atom. The number of carbonyl (C=O) groups is 1. The molecule has 0 bridgehead atoms. The maximum absolute atomic E-state index is 12.8. The number of nitrogens with one attached hydrogen (secondary N) is 1. The van der Waals surface area contributed by atoms with Crippen molar-refractivity contribution in [3.8, 4) is 11.5 Å². The van der Waals surface area contributed by atoms with Crippen LogP contribution in [0.1, 0.15) is 41.3 Å². The van der Waals surface area contributed by atoms with E-state index in [1.807, 2.05) is 36.4 Å². The van der Waals surface area contributed by atoms with Crippen molar-refractivity contribution >= 4 is 21.8 Å². The molecule has 6 nitrogen and oxygen atoms in total. The van der Waals surface area contributed by atoms with Crippen molar-refractivity contribution in [1.29, 1.82) is 0 Å². The summed E-state index contributed by atoms with van der Waals surface area (Å²) >= 11 is 3.43. The van der Waals surface area contributed by atoms with Crippen LogP contribution in [0.4, 0.5) is 0 Å². The van der Waals surface area contributed by atoms with Crippen LogP contribution in [0.3, 0.4) is 0 Å². The molecule has 28 heavy (non-hydrogen) atoms. The van der Waals surface area contributed by atoms with Gasteiger partial charge in [0.1, 0.15) is 17.3 Å². The van der Waals surface area contributed by atoms with Gasteiger partial charge in [-0.3, -0.25) is 4.79 Å². The molecule has 0 aliphatic carbocycles. The molecule has 0 atom stereocenters. The number of fused-ring (bicyclic) bond motifs is 1. The Morgan fingerprint density at radius 3 is 2.89 bits per heavy atom. The lowest BCUT2D eigenvalue weighted by Gasteiger charge is -2.12. The molecule has 0 spiro atoms. The molecule has 0 radical (unpaired) electrons. The topological polar surface area (TPSA) is 69.0 Å². The maximum atomic E-state index is 12.8. The summed E-state index contributed by atoms with van der Waals surface area (Å²) in [5.41, 5.74) is 0.484. The van der Waals surface area contributed by atoms with Gasteiger partial charge in [-0.05, 0) is 43.2 Å². The van der Waals surface area contributed by atoms with Crippen LogP contribution in [0, 0.1) is 0 Å². The minimum atomic E-state index is -0.198. The zero-order valence-corrected chi connectivity index (χ0v) is 17.0. The van der Waals surface area contributed by atoms with Gasteiger partial charge < -0.3 is 14.6 Å². The number of aromatic nitrogens is 3. The first-order chi connectivity index (χ1) is 13.7. The summed E-state index contributed by atoms with van der Waals surface area (Å²) in [7, 11) is 0. The summed E-state index contributed by atoms with van der Waals surface area (Å²) in [4.78, 5) is 12.8. The molecule has 1 aliphatic rings. The Balaban J connectivity index is 1.48. The minimum absolute atomic E-state index is 0.198. The van der Waals surface area contributed by atoms with E-state index in [2.05, 4.69) is 36.0 Å². The Morgan fingerprint density at radius 2 is 2.00 bits per heavy atom. The number of nitrogens with zero attached hydrogens (tertiary/aromatic N) is 3. The van der Waals surface area contributed by atoms with Crippen LogP contribution in [0.5, 0.6) is 11.5 Å². The lowest BCUT2D eigenvalue weighted by Crippen LogP contribution is -2.25. The quantitative estimate of drug-likeness (QED) is 0.634. The van der Waals surface area contributed by atoms with Crippen molar-refractivity contribution in [2.24, 2.45) is 0 Å². The molecule has 0 unspecified atom stereocenters. The standard InChI is InChI=1S/C21H21BrN4O2/c22-15-7-6-8-16(13-15)28-18-10-4-3-9-17(18)21(27)23-14-20-25-24-19-11-2-1-5-12-26(19)20/h3-4,6-10,13H,1-2,5,11-12,14H2,(H,23,27). The largest absolute Gasteiger partial charge is 0.456 e. The van der Waals surface area contributed by atoms with E-state index in [0.717, 1.165) is 41.9 Å². The molecular formula is C21H21BrN4O2. The summed E-state index contributed by atoms with van der Waals surface area (Å²) in [5, 5.41) is 11.5. The first-order valence-electron chi connectivity index (χ1n) is 9.42. The van der Waals surface area contributed by atoms with E-state index in [1.54, 1.807) is 12.1 Å². The fourth-order valence-corrected chi connectivity index (χ4v) is 3.71. The third-order valence-electron chi connectivity index (χ3n) is 4.75. The molecular weight excluding hydrogens is 420 g/mol. The van der Waals surface area contributed by atoms with E-state index in [-0.39, 0.29) is 5.91 Å². The SMILES string of the molecule is O=C(NCc1nnc2n1CCCCC2)c1ccccc1Oc1cccc(Br)c1. The number of rotatable bonds is 5. The highest BCUT2D eigenvalue weighted by Crippen LogP contribution is 2.27. The average molecular weight is 441 g/mol. The second-order valence-electron chi connectivity index (χ2n) is 6.73. The Bertz CT molecular complexity index is 986. The van der Waals surface area contributed by atoms with E-state index in [4.69, 9.17) is 4.74 Å². The molecule has 1 aromatic heterocycles. The molecule has 2 heterocycles. The van der Waals surface area contributed by atoms with E-state index >= 15 is 0 Å². The summed E-state index contributed by atoms with van der Waals surface area (Å²) in [5.74, 6) is 2.79. The lowest BCUT2D eigenvalue weighted by atomic mass is 10.2. The number of hydrogen-bond donors (Lipinski definition) is 1. The van der Waals surface area contributed by atoms with Gasteiger partial charge in [0.15, 0.2) is 5.82 Å². The van der Waals surface area contributed by atoms with Gasteiger partial charge in [0.05, 0.1) is 12.1 Å². The summed E-state index contributed by atoms with van der Waals surface area (Å²) in [6.45, 7) is 1.26. The zero-order chi connectivity index (χ0) is 19.3. The molecule has 4 rings (SSSR count). The van der Waals surface area contributed by atoms with Crippen LogP contribution >= 0.6 is 15.9 Å². The van der Waals surface area contributed by atoms with Gasteiger partial charge in [-0.15, -0.1) is 10.2 Å². The van der Waals surface area contributed by atoms with Gasteiger partial charge in [0.2, 0.25) is 0 Å². The molecule has 0 saturated carbocycles. The van der Waals surface area contributed by atoms with Crippen molar-refractivity contribution in [2.75, 3.05) is 0 Å². The second kappa shape index (κ2) is 8.56. The number of hydrogen-bond acceptors (Lipinski definition) is 4. The third-order valence-corrected chi connectivity index (χ3v) is 5.24. The molecule has 7 heteroatoms. The number of amides is 1. The van der Waals surface area contributed by atoms with Crippen LogP contribution in [0.2, 0.25) is 0 Å². The molecule has 1 aliphatic heterocycles. The van der Waals surface area contributed by atoms with Crippen molar-refractivity contribution in [3.05, 3.63) is 70.2 Å². The molecule has 3 aromatic rings. The Kier molecular flexibility index (Phi) is 5.71. The van der Waals surface area contributed by atoms with Crippen LogP contribution in [0.15, 0.2) is 53.0 Å². The smallest absolute Gasteiger partial charge is 0.255 e. The van der Waals surface area contributed by atoms with Crippen molar-refractivity contribution < 1.29 is 9.53 Å². The third kappa shape index (κ3) is 4.25. The van der Waals surface area contributed by atoms with E-state index in [0.29, 0.717) is 23.6 Å². The fourth-order valence-electron chi connectivity index (χ4n) is 3.33. The molecule has 2 aromatic carbocycles. The number of para-hydroxylation sites is 1. The number of halogens is 1. The van der Waals surface area contributed by atoms with Crippen molar-refractivity contribution in [1.82, 2.24) is 20.1 Å². The molecule has 0 fully saturated rings. The predicted molar refractivity (Wildman–Crippen MR) is 109 cm³/mol. The first kappa shape index (κ1) is 18.7. The number of aryl methyl sites for hydroxylation is 1. The number of ether oxygens (including phenoxy) is 1. The predicted octanol–water partition coefficient (Wildman–Crippen LogP) is 4.49. The highest BCUT2D eigenvalue weighted by Gasteiger charge is 2.17. The highest BCUT2D eigenvalue weighted by atomic mass is 79.9. The monoisotopic (exact) mass is 440 g/mol. The molecule has 1 N–H and O–H groups in total. The van der Waals surface area contributed by atoms with E-state index in [9.17, 15) is 4.79 Å². The number of benzene rings is 2. The number of carbonyl (C=O) groups excluding carboxylic acids is 1. The van der Waals surface area contributed by atoms with E-state index in [1.165, 1.54) is 6.42 Å². The molecule has 0 saturated heterocycles. The van der Waals surface area contributed by atoms with Crippen LogP contribution in [0.25, 0.3) is 0 Å². The van der Waals surface area contributed by atoms with Gasteiger partial charge in [-0.25, -0.2) is 0 Å². The van der Waals surface area contributed by atoms with Crippen molar-refractivity contribution in [3.63, 3.8) is 0 Å². The Labute approximate surface area is 172 Å². The van der Waals surface area contributed by atoms with Gasteiger partial charge >= 0.3 is 0 Å². The van der Waals surface area contributed by atoms with Gasteiger partial charge in [-0.1, -0.05) is 40.5 Å². The molecule has 144 valence electrons. The zero-order valence-electron chi connectivity index (χ0n) is 15.4. The average Bonchev–Trinajstić information content (AvgIpc) is 2.92. The van der Waals surface area contributed by atoms with E-state index < -0.39 is 0 Å². The fraction of sp³-hybridized carbons (Fsp3) is 0.286. The van der Waals surface area contributed by atoms with Gasteiger partial charge in [0.25, 0.3) is 5.91 Å². The van der Waals surface area contributed by atoms with Crippen LogP contribution in [-0.4, -0.2) is 20.7 Å². The minimum Gasteiger partial charge on any atom is -0.456 e. The second-order valence-corrected chi connectivity index (χ2v) is 7.65. The van der Waals surface area contributed by atoms with Gasteiger partial charge in [-0.2, -0.15) is 0 Å². The molecule has 1 amide bonds. The first-order valence-corrected chi connectivity index (χ1v) is 10.2. The Hall–Kier alpha value is -2.67. The van der Waals surface area contributed by atoms with Gasteiger partial charge in [0, 0.05) is 17.4 Å². The normalized spacial score (nSPS) is 13.5. The summed E-state index contributed by atoms with van der Waals surface area (Å²) < 4.78 is 8.98. The maximum Gasteiger partial charge on any atom is 0.255 e. The van der Waals surface area contributed by atoms with Crippen LogP contribution in [-0.2, 0) is 19.5 Å². The van der Waals surface area contributed by atoms with Crippen LogP contribution < -0.4 is 10.1 Å². The van der Waals surface area contributed by atoms with Crippen molar-refractivity contribution in [2.45, 2.75) is 38.8 Å². The summed E-state index contributed by atoms with van der Waals surface area (Å²) in [6.07, 6.45) is 4.42. The summed E-state index contributed by atoms with van der Waals surface area (Å²) in [6, 6.07) is 14.7. The lowest BCUT2D eigenvalue weighted by molar-refractivity contribution is 0.0947.